The number of hydrogen-bond donors (Lipinski definition) is 1. The SMILES string of the molecule is COc1ccc(C(=O)NC(C)c2ccc(OCc3cccnc3)cc2)cc1S(=O)(=O)N1CCCC1. The predicted molar refractivity (Wildman–Crippen MR) is 132 cm³/mol. The summed E-state index contributed by atoms with van der Waals surface area (Å²) in [4.78, 5) is 17.0. The van der Waals surface area contributed by atoms with E-state index < -0.39 is 10.0 Å². The minimum absolute atomic E-state index is 0.0114. The first-order valence-corrected chi connectivity index (χ1v) is 12.9. The zero-order valence-corrected chi connectivity index (χ0v) is 20.6. The van der Waals surface area contributed by atoms with Crippen LogP contribution in [0.15, 0.2) is 71.9 Å². The summed E-state index contributed by atoms with van der Waals surface area (Å²) in [5.41, 5.74) is 2.13. The van der Waals surface area contributed by atoms with Crippen molar-refractivity contribution < 1.29 is 22.7 Å². The Balaban J connectivity index is 1.43. The van der Waals surface area contributed by atoms with Crippen LogP contribution in [0, 0.1) is 0 Å². The number of methoxy groups -OCH3 is 1. The first-order chi connectivity index (χ1) is 16.9. The van der Waals surface area contributed by atoms with Crippen molar-refractivity contribution in [3.8, 4) is 11.5 Å². The van der Waals surface area contributed by atoms with Crippen molar-refractivity contribution in [1.82, 2.24) is 14.6 Å². The number of nitrogens with one attached hydrogen (secondary N) is 1. The van der Waals surface area contributed by atoms with Gasteiger partial charge in [0.05, 0.1) is 13.2 Å². The Morgan fingerprint density at radius 1 is 1.11 bits per heavy atom. The molecule has 184 valence electrons. The molecule has 0 radical (unpaired) electrons. The van der Waals surface area contributed by atoms with Crippen LogP contribution >= 0.6 is 0 Å². The summed E-state index contributed by atoms with van der Waals surface area (Å²) < 4.78 is 38.7. The third-order valence-corrected chi connectivity index (χ3v) is 7.88. The van der Waals surface area contributed by atoms with Crippen LogP contribution in [0.3, 0.4) is 0 Å². The lowest BCUT2D eigenvalue weighted by Gasteiger charge is -2.19. The molecule has 1 aliphatic rings. The van der Waals surface area contributed by atoms with Crippen molar-refractivity contribution >= 4 is 15.9 Å². The largest absolute Gasteiger partial charge is 0.495 e. The van der Waals surface area contributed by atoms with Crippen molar-refractivity contribution in [1.29, 1.82) is 0 Å². The van der Waals surface area contributed by atoms with Gasteiger partial charge in [-0.15, -0.1) is 0 Å². The van der Waals surface area contributed by atoms with Gasteiger partial charge in [0.2, 0.25) is 10.0 Å². The van der Waals surface area contributed by atoms with Gasteiger partial charge in [0.25, 0.3) is 5.91 Å². The van der Waals surface area contributed by atoms with Gasteiger partial charge in [0, 0.05) is 36.6 Å². The van der Waals surface area contributed by atoms with E-state index in [-0.39, 0.29) is 28.2 Å². The van der Waals surface area contributed by atoms with Crippen LogP contribution in [-0.4, -0.2) is 43.8 Å². The molecular weight excluding hydrogens is 466 g/mol. The molecule has 3 aromatic rings. The van der Waals surface area contributed by atoms with Crippen LogP contribution in [0.2, 0.25) is 0 Å². The molecule has 1 unspecified atom stereocenters. The van der Waals surface area contributed by atoms with Crippen molar-refractivity contribution in [3.05, 3.63) is 83.7 Å². The standard InChI is InChI=1S/C26H29N3O5S/c1-19(21-7-10-23(11-8-21)34-18-20-6-5-13-27-17-20)28-26(30)22-9-12-24(33-2)25(16-22)35(31,32)29-14-3-4-15-29/h5-13,16-17,19H,3-4,14-15,18H2,1-2H3,(H,28,30). The molecule has 1 aromatic heterocycles. The van der Waals surface area contributed by atoms with E-state index in [2.05, 4.69) is 10.3 Å². The van der Waals surface area contributed by atoms with Crippen LogP contribution in [-0.2, 0) is 16.6 Å². The van der Waals surface area contributed by atoms with Crippen LogP contribution in [0.25, 0.3) is 0 Å². The molecule has 0 spiro atoms. The van der Waals surface area contributed by atoms with E-state index in [0.717, 1.165) is 24.0 Å². The van der Waals surface area contributed by atoms with Crippen LogP contribution in [0.5, 0.6) is 11.5 Å². The Labute approximate surface area is 206 Å². The molecular formula is C26H29N3O5S. The number of pyridine rings is 1. The second-order valence-corrected chi connectivity index (χ2v) is 10.3. The number of ether oxygens (including phenoxy) is 2. The van der Waals surface area contributed by atoms with Crippen LogP contribution in [0.1, 0.15) is 47.3 Å². The lowest BCUT2D eigenvalue weighted by molar-refractivity contribution is 0.0939. The summed E-state index contributed by atoms with van der Waals surface area (Å²) in [7, 11) is -2.32. The number of hydrogen-bond acceptors (Lipinski definition) is 6. The van der Waals surface area contributed by atoms with E-state index in [1.807, 2.05) is 43.3 Å². The summed E-state index contributed by atoms with van der Waals surface area (Å²) >= 11 is 0. The van der Waals surface area contributed by atoms with Gasteiger partial charge in [0.1, 0.15) is 23.0 Å². The third kappa shape index (κ3) is 5.80. The quantitative estimate of drug-likeness (QED) is 0.483. The molecule has 35 heavy (non-hydrogen) atoms. The summed E-state index contributed by atoms with van der Waals surface area (Å²) in [5.74, 6) is 0.571. The van der Waals surface area contributed by atoms with Gasteiger partial charge in [-0.2, -0.15) is 4.31 Å². The van der Waals surface area contributed by atoms with Crippen LogP contribution < -0.4 is 14.8 Å². The van der Waals surface area contributed by atoms with Crippen LogP contribution in [0.4, 0.5) is 0 Å². The van der Waals surface area contributed by atoms with Gasteiger partial charge in [-0.05, 0) is 61.7 Å². The van der Waals surface area contributed by atoms with E-state index >= 15 is 0 Å². The maximum atomic E-state index is 13.1. The normalized spacial score (nSPS) is 14.9. The molecule has 8 nitrogen and oxygen atoms in total. The van der Waals surface area contributed by atoms with Crippen molar-refractivity contribution in [2.24, 2.45) is 0 Å². The molecule has 1 amide bonds. The Morgan fingerprint density at radius 2 is 1.86 bits per heavy atom. The minimum atomic E-state index is -3.74. The van der Waals surface area contributed by atoms with Gasteiger partial charge < -0.3 is 14.8 Å². The molecule has 4 rings (SSSR count). The molecule has 0 saturated carbocycles. The minimum Gasteiger partial charge on any atom is -0.495 e. The van der Waals surface area contributed by atoms with E-state index in [9.17, 15) is 13.2 Å². The molecule has 2 aromatic carbocycles. The zero-order valence-electron chi connectivity index (χ0n) is 19.8. The lowest BCUT2D eigenvalue weighted by Crippen LogP contribution is -2.29. The third-order valence-electron chi connectivity index (χ3n) is 5.96. The molecule has 9 heteroatoms. The smallest absolute Gasteiger partial charge is 0.251 e. The maximum absolute atomic E-state index is 13.1. The van der Waals surface area contributed by atoms with Crippen molar-refractivity contribution in [2.45, 2.75) is 37.3 Å². The molecule has 1 saturated heterocycles. The number of carbonyl (C=O) groups is 1. The molecule has 1 N–H and O–H groups in total. The highest BCUT2D eigenvalue weighted by Gasteiger charge is 2.30. The second-order valence-electron chi connectivity index (χ2n) is 8.39. The maximum Gasteiger partial charge on any atom is 0.251 e. The van der Waals surface area contributed by atoms with E-state index in [0.29, 0.717) is 25.4 Å². The number of aromatic nitrogens is 1. The summed E-state index contributed by atoms with van der Waals surface area (Å²) in [6, 6.07) is 15.5. The fourth-order valence-electron chi connectivity index (χ4n) is 3.95. The summed E-state index contributed by atoms with van der Waals surface area (Å²) in [6.07, 6.45) is 5.12. The monoisotopic (exact) mass is 495 g/mol. The van der Waals surface area contributed by atoms with Gasteiger partial charge in [-0.25, -0.2) is 8.42 Å². The van der Waals surface area contributed by atoms with Gasteiger partial charge in [0.15, 0.2) is 0 Å². The average Bonchev–Trinajstić information content (AvgIpc) is 3.44. The van der Waals surface area contributed by atoms with E-state index in [1.54, 1.807) is 18.5 Å². The Morgan fingerprint density at radius 3 is 2.51 bits per heavy atom. The fourth-order valence-corrected chi connectivity index (χ4v) is 5.65. The summed E-state index contributed by atoms with van der Waals surface area (Å²) in [5, 5.41) is 2.94. The molecule has 1 atom stereocenters. The van der Waals surface area contributed by atoms with Gasteiger partial charge in [-0.3, -0.25) is 9.78 Å². The first-order valence-electron chi connectivity index (χ1n) is 11.5. The Hall–Kier alpha value is -3.43. The molecule has 0 bridgehead atoms. The highest BCUT2D eigenvalue weighted by molar-refractivity contribution is 7.89. The highest BCUT2D eigenvalue weighted by atomic mass is 32.2. The van der Waals surface area contributed by atoms with E-state index in [4.69, 9.17) is 9.47 Å². The molecule has 0 aliphatic carbocycles. The number of sulfonamides is 1. The van der Waals surface area contributed by atoms with Gasteiger partial charge >= 0.3 is 0 Å². The lowest BCUT2D eigenvalue weighted by atomic mass is 10.1. The average molecular weight is 496 g/mol. The summed E-state index contributed by atoms with van der Waals surface area (Å²) in [6.45, 7) is 3.23. The predicted octanol–water partition coefficient (Wildman–Crippen LogP) is 3.94. The number of benzene rings is 2. The fraction of sp³-hybridized carbons (Fsp3) is 0.308. The van der Waals surface area contributed by atoms with Crippen molar-refractivity contribution in [2.75, 3.05) is 20.2 Å². The Bertz CT molecular complexity index is 1260. The highest BCUT2D eigenvalue weighted by Crippen LogP contribution is 2.30. The Kier molecular flexibility index (Phi) is 7.67. The zero-order chi connectivity index (χ0) is 24.8. The molecule has 2 heterocycles. The molecule has 1 fully saturated rings. The number of amides is 1. The van der Waals surface area contributed by atoms with Crippen molar-refractivity contribution in [3.63, 3.8) is 0 Å². The number of carbonyl (C=O) groups excluding carboxylic acids is 1. The van der Waals surface area contributed by atoms with E-state index in [1.165, 1.54) is 23.5 Å². The number of rotatable bonds is 9. The molecule has 1 aliphatic heterocycles. The first kappa shape index (κ1) is 24.7. The van der Waals surface area contributed by atoms with Gasteiger partial charge in [-0.1, -0.05) is 18.2 Å². The number of nitrogens with zero attached hydrogens (tertiary/aromatic N) is 2. The topological polar surface area (TPSA) is 97.8 Å². The second kappa shape index (κ2) is 10.9.